The van der Waals surface area contributed by atoms with E-state index in [1.54, 1.807) is 6.20 Å². The van der Waals surface area contributed by atoms with Gasteiger partial charge in [-0.1, -0.05) is 13.8 Å². The van der Waals surface area contributed by atoms with Crippen molar-refractivity contribution in [2.75, 3.05) is 18.0 Å². The van der Waals surface area contributed by atoms with E-state index in [0.29, 0.717) is 5.41 Å². The first kappa shape index (κ1) is 12.9. The molecule has 0 atom stereocenters. The summed E-state index contributed by atoms with van der Waals surface area (Å²) < 4.78 is 0. The summed E-state index contributed by atoms with van der Waals surface area (Å²) in [6.45, 7) is 8.52. The van der Waals surface area contributed by atoms with Crippen molar-refractivity contribution >= 4 is 11.7 Å². The molecule has 4 heteroatoms. The molecule has 18 heavy (non-hydrogen) atoms. The van der Waals surface area contributed by atoms with Gasteiger partial charge in [-0.3, -0.25) is 5.41 Å². The Morgan fingerprint density at radius 2 is 2.22 bits per heavy atom. The van der Waals surface area contributed by atoms with E-state index >= 15 is 0 Å². The Morgan fingerprint density at radius 3 is 2.83 bits per heavy atom. The van der Waals surface area contributed by atoms with E-state index in [2.05, 4.69) is 23.7 Å². The van der Waals surface area contributed by atoms with E-state index in [0.717, 1.165) is 30.0 Å². The second kappa shape index (κ2) is 4.59. The number of nitrogens with zero attached hydrogens (tertiary/aromatic N) is 2. The molecule has 0 spiro atoms. The molecule has 2 heterocycles. The molecule has 0 aromatic carbocycles. The standard InChI is InChI=1S/C14H22N4/c1-10-5-7-17-13(11(10)12(15)16)18-8-4-6-14(2,3)9-18/h5,7H,4,6,8-9H2,1-3H3,(H3,15,16). The zero-order valence-corrected chi connectivity index (χ0v) is 11.5. The predicted molar refractivity (Wildman–Crippen MR) is 75.2 cm³/mol. The molecule has 1 aliphatic heterocycles. The highest BCUT2D eigenvalue weighted by atomic mass is 15.2. The Morgan fingerprint density at radius 1 is 1.50 bits per heavy atom. The lowest BCUT2D eigenvalue weighted by Crippen LogP contribution is -2.41. The van der Waals surface area contributed by atoms with Crippen molar-refractivity contribution in [1.82, 2.24) is 4.98 Å². The number of piperidine rings is 1. The van der Waals surface area contributed by atoms with Crippen molar-refractivity contribution in [3.05, 3.63) is 23.4 Å². The minimum Gasteiger partial charge on any atom is -0.384 e. The largest absolute Gasteiger partial charge is 0.384 e. The van der Waals surface area contributed by atoms with Crippen LogP contribution in [0.2, 0.25) is 0 Å². The number of amidine groups is 1. The van der Waals surface area contributed by atoms with Gasteiger partial charge in [0.2, 0.25) is 0 Å². The molecule has 1 aromatic heterocycles. The van der Waals surface area contributed by atoms with E-state index in [4.69, 9.17) is 11.1 Å². The van der Waals surface area contributed by atoms with Gasteiger partial charge in [0.1, 0.15) is 11.7 Å². The summed E-state index contributed by atoms with van der Waals surface area (Å²) in [6.07, 6.45) is 4.21. The summed E-state index contributed by atoms with van der Waals surface area (Å²) in [5.74, 6) is 0.981. The first-order chi connectivity index (χ1) is 8.41. The molecule has 1 fully saturated rings. The number of pyridine rings is 1. The summed E-state index contributed by atoms with van der Waals surface area (Å²) >= 11 is 0. The maximum absolute atomic E-state index is 7.75. The van der Waals surface area contributed by atoms with Crippen LogP contribution < -0.4 is 10.6 Å². The van der Waals surface area contributed by atoms with E-state index in [-0.39, 0.29) is 5.84 Å². The molecule has 0 unspecified atom stereocenters. The smallest absolute Gasteiger partial charge is 0.139 e. The lowest BCUT2D eigenvalue weighted by atomic mass is 9.84. The molecule has 0 amide bonds. The highest BCUT2D eigenvalue weighted by Crippen LogP contribution is 2.32. The van der Waals surface area contributed by atoms with E-state index < -0.39 is 0 Å². The number of rotatable bonds is 2. The number of aromatic nitrogens is 1. The Hall–Kier alpha value is -1.58. The fraction of sp³-hybridized carbons (Fsp3) is 0.571. The molecule has 98 valence electrons. The zero-order valence-electron chi connectivity index (χ0n) is 11.5. The third-order valence-electron chi connectivity index (χ3n) is 3.61. The molecule has 1 saturated heterocycles. The fourth-order valence-electron chi connectivity index (χ4n) is 2.72. The molecular formula is C14H22N4. The highest BCUT2D eigenvalue weighted by Gasteiger charge is 2.28. The van der Waals surface area contributed by atoms with Crippen LogP contribution in [0.4, 0.5) is 5.82 Å². The van der Waals surface area contributed by atoms with Crippen molar-refractivity contribution in [3.8, 4) is 0 Å². The topological polar surface area (TPSA) is 66.0 Å². The number of anilines is 1. The van der Waals surface area contributed by atoms with E-state index in [9.17, 15) is 0 Å². The minimum atomic E-state index is 0.110. The normalized spacial score (nSPS) is 18.7. The SMILES string of the molecule is Cc1ccnc(N2CCCC(C)(C)C2)c1C(=N)N. The summed E-state index contributed by atoms with van der Waals surface area (Å²) in [6, 6.07) is 1.91. The molecule has 0 bridgehead atoms. The molecule has 0 aliphatic carbocycles. The average Bonchev–Trinajstić information content (AvgIpc) is 2.26. The van der Waals surface area contributed by atoms with Gasteiger partial charge in [-0.2, -0.15) is 0 Å². The molecular weight excluding hydrogens is 224 g/mol. The molecule has 1 aliphatic rings. The van der Waals surface area contributed by atoms with E-state index in [1.165, 1.54) is 12.8 Å². The van der Waals surface area contributed by atoms with Gasteiger partial charge in [-0.15, -0.1) is 0 Å². The molecule has 3 N–H and O–H groups in total. The van der Waals surface area contributed by atoms with Crippen molar-refractivity contribution < 1.29 is 0 Å². The fourth-order valence-corrected chi connectivity index (χ4v) is 2.72. The monoisotopic (exact) mass is 246 g/mol. The van der Waals surface area contributed by atoms with Gasteiger partial charge < -0.3 is 10.6 Å². The van der Waals surface area contributed by atoms with Crippen LogP contribution in [0.25, 0.3) is 0 Å². The number of nitrogen functional groups attached to an aromatic ring is 1. The van der Waals surface area contributed by atoms with Crippen LogP contribution in [0.3, 0.4) is 0 Å². The first-order valence-corrected chi connectivity index (χ1v) is 6.46. The van der Waals surface area contributed by atoms with Crippen LogP contribution in [0.5, 0.6) is 0 Å². The number of aryl methyl sites for hydroxylation is 1. The van der Waals surface area contributed by atoms with Gasteiger partial charge in [-0.05, 0) is 36.8 Å². The molecule has 4 nitrogen and oxygen atoms in total. The number of nitrogens with one attached hydrogen (secondary N) is 1. The van der Waals surface area contributed by atoms with Gasteiger partial charge in [0.25, 0.3) is 0 Å². The number of nitrogens with two attached hydrogens (primary N) is 1. The zero-order chi connectivity index (χ0) is 13.3. The number of hydrogen-bond acceptors (Lipinski definition) is 3. The van der Waals surface area contributed by atoms with E-state index in [1.807, 2.05) is 13.0 Å². The van der Waals surface area contributed by atoms with Crippen LogP contribution in [0, 0.1) is 17.7 Å². The van der Waals surface area contributed by atoms with Crippen LogP contribution in [-0.4, -0.2) is 23.9 Å². The van der Waals surface area contributed by atoms with Crippen LogP contribution in [-0.2, 0) is 0 Å². The lowest BCUT2D eigenvalue weighted by molar-refractivity contribution is 0.292. The third-order valence-corrected chi connectivity index (χ3v) is 3.61. The van der Waals surface area contributed by atoms with Gasteiger partial charge in [0.15, 0.2) is 0 Å². The molecule has 2 rings (SSSR count). The van der Waals surface area contributed by atoms with Crippen molar-refractivity contribution in [2.45, 2.75) is 33.6 Å². The van der Waals surface area contributed by atoms with Gasteiger partial charge in [0.05, 0.1) is 5.56 Å². The first-order valence-electron chi connectivity index (χ1n) is 6.46. The highest BCUT2D eigenvalue weighted by molar-refractivity contribution is 6.01. The second-order valence-electron chi connectivity index (χ2n) is 5.93. The Bertz CT molecular complexity index is 465. The second-order valence-corrected chi connectivity index (χ2v) is 5.93. The minimum absolute atomic E-state index is 0.110. The quantitative estimate of drug-likeness (QED) is 0.621. The summed E-state index contributed by atoms with van der Waals surface area (Å²) in [5, 5.41) is 7.75. The number of hydrogen-bond donors (Lipinski definition) is 2. The average molecular weight is 246 g/mol. The van der Waals surface area contributed by atoms with Crippen molar-refractivity contribution in [3.63, 3.8) is 0 Å². The van der Waals surface area contributed by atoms with Crippen LogP contribution in [0.1, 0.15) is 37.8 Å². The van der Waals surface area contributed by atoms with Gasteiger partial charge in [0, 0.05) is 19.3 Å². The van der Waals surface area contributed by atoms with Crippen LogP contribution in [0.15, 0.2) is 12.3 Å². The molecule has 1 aromatic rings. The van der Waals surface area contributed by atoms with Crippen LogP contribution >= 0.6 is 0 Å². The Labute approximate surface area is 109 Å². The Kier molecular flexibility index (Phi) is 3.28. The van der Waals surface area contributed by atoms with Gasteiger partial charge in [-0.25, -0.2) is 4.98 Å². The lowest BCUT2D eigenvalue weighted by Gasteiger charge is -2.39. The maximum Gasteiger partial charge on any atom is 0.139 e. The summed E-state index contributed by atoms with van der Waals surface area (Å²) in [4.78, 5) is 6.73. The van der Waals surface area contributed by atoms with Crippen molar-refractivity contribution in [2.24, 2.45) is 11.1 Å². The Balaban J connectivity index is 2.39. The maximum atomic E-state index is 7.75. The summed E-state index contributed by atoms with van der Waals surface area (Å²) in [7, 11) is 0. The summed E-state index contributed by atoms with van der Waals surface area (Å²) in [5.41, 5.74) is 7.82. The molecule has 0 saturated carbocycles. The third kappa shape index (κ3) is 2.47. The van der Waals surface area contributed by atoms with Crippen molar-refractivity contribution in [1.29, 1.82) is 5.41 Å². The van der Waals surface area contributed by atoms with Gasteiger partial charge >= 0.3 is 0 Å². The predicted octanol–water partition coefficient (Wildman–Crippen LogP) is 2.30. The molecule has 0 radical (unpaired) electrons.